The number of pyridine rings is 1. The number of fused-ring (bicyclic) bond motifs is 1. The Morgan fingerprint density at radius 3 is 2.43 bits per heavy atom. The van der Waals surface area contributed by atoms with Gasteiger partial charge in [0.15, 0.2) is 0 Å². The zero-order valence-corrected chi connectivity index (χ0v) is 13.8. The molecule has 6 heteroatoms. The molecular formula is C17H23N3O3. The lowest BCUT2D eigenvalue weighted by molar-refractivity contribution is -0.123. The largest absolute Gasteiger partial charge is 0.444 e. The van der Waals surface area contributed by atoms with E-state index >= 15 is 0 Å². The van der Waals surface area contributed by atoms with Gasteiger partial charge in [0, 0.05) is 37.9 Å². The van der Waals surface area contributed by atoms with Crippen LogP contribution < -0.4 is 5.32 Å². The Bertz CT molecular complexity index is 585. The molecule has 2 aliphatic rings. The lowest BCUT2D eigenvalue weighted by atomic mass is 10.2. The van der Waals surface area contributed by atoms with E-state index in [9.17, 15) is 9.59 Å². The molecule has 1 N–H and O–H groups in total. The normalized spacial score (nSPS) is 25.7. The van der Waals surface area contributed by atoms with Gasteiger partial charge in [0.05, 0.1) is 0 Å². The van der Waals surface area contributed by atoms with E-state index in [1.165, 1.54) is 0 Å². The first-order valence-electron chi connectivity index (χ1n) is 8.00. The van der Waals surface area contributed by atoms with Crippen LogP contribution in [0.2, 0.25) is 0 Å². The fourth-order valence-electron chi connectivity index (χ4n) is 3.20. The van der Waals surface area contributed by atoms with Crippen molar-refractivity contribution in [3.63, 3.8) is 0 Å². The van der Waals surface area contributed by atoms with Crippen molar-refractivity contribution in [3.05, 3.63) is 30.1 Å². The summed E-state index contributed by atoms with van der Waals surface area (Å²) in [5, 5.41) is 2.97. The number of rotatable bonds is 3. The minimum absolute atomic E-state index is 0.0375. The van der Waals surface area contributed by atoms with Crippen molar-refractivity contribution in [1.29, 1.82) is 0 Å². The second kappa shape index (κ2) is 5.83. The van der Waals surface area contributed by atoms with E-state index in [0.29, 0.717) is 19.6 Å². The summed E-state index contributed by atoms with van der Waals surface area (Å²) in [6.07, 6.45) is 3.15. The maximum Gasteiger partial charge on any atom is 0.410 e. The van der Waals surface area contributed by atoms with E-state index in [1.54, 1.807) is 17.3 Å². The summed E-state index contributed by atoms with van der Waals surface area (Å²) in [6, 6.07) is 3.77. The van der Waals surface area contributed by atoms with Gasteiger partial charge in [0.1, 0.15) is 5.60 Å². The summed E-state index contributed by atoms with van der Waals surface area (Å²) in [4.78, 5) is 29.9. The minimum atomic E-state index is -0.481. The highest BCUT2D eigenvalue weighted by Crippen LogP contribution is 2.52. The van der Waals surface area contributed by atoms with Gasteiger partial charge in [-0.25, -0.2) is 4.79 Å². The fourth-order valence-corrected chi connectivity index (χ4v) is 3.20. The van der Waals surface area contributed by atoms with E-state index in [2.05, 4.69) is 10.3 Å². The molecule has 1 aromatic rings. The first-order valence-corrected chi connectivity index (χ1v) is 8.00. The fraction of sp³-hybridized carbons (Fsp3) is 0.588. The molecule has 2 fully saturated rings. The smallest absolute Gasteiger partial charge is 0.410 e. The number of ether oxygens (including phenoxy) is 1. The third-order valence-electron chi connectivity index (χ3n) is 4.36. The quantitative estimate of drug-likeness (QED) is 0.923. The Labute approximate surface area is 136 Å². The third-order valence-corrected chi connectivity index (χ3v) is 4.36. The average molecular weight is 317 g/mol. The van der Waals surface area contributed by atoms with Gasteiger partial charge in [-0.3, -0.25) is 9.78 Å². The van der Waals surface area contributed by atoms with Crippen molar-refractivity contribution in [2.75, 3.05) is 13.1 Å². The van der Waals surface area contributed by atoms with Gasteiger partial charge in [0.25, 0.3) is 0 Å². The van der Waals surface area contributed by atoms with E-state index in [-0.39, 0.29) is 29.8 Å². The Morgan fingerprint density at radius 2 is 1.87 bits per heavy atom. The molecule has 0 bridgehead atoms. The first kappa shape index (κ1) is 15.8. The van der Waals surface area contributed by atoms with Crippen LogP contribution in [0.4, 0.5) is 4.79 Å². The Balaban J connectivity index is 1.44. The summed E-state index contributed by atoms with van der Waals surface area (Å²) < 4.78 is 5.37. The molecule has 1 saturated heterocycles. The molecule has 0 radical (unpaired) electrons. The molecule has 3 rings (SSSR count). The number of likely N-dealkylation sites (tertiary alicyclic amines) is 1. The highest BCUT2D eigenvalue weighted by molar-refractivity contribution is 5.83. The molecule has 1 aliphatic carbocycles. The lowest BCUT2D eigenvalue weighted by Gasteiger charge is -2.25. The molecule has 1 aromatic heterocycles. The van der Waals surface area contributed by atoms with Crippen LogP contribution in [0.5, 0.6) is 0 Å². The van der Waals surface area contributed by atoms with E-state index in [4.69, 9.17) is 4.74 Å². The van der Waals surface area contributed by atoms with Crippen LogP contribution in [-0.2, 0) is 16.1 Å². The average Bonchev–Trinajstić information content (AvgIpc) is 2.98. The van der Waals surface area contributed by atoms with Gasteiger partial charge in [0.2, 0.25) is 5.91 Å². The van der Waals surface area contributed by atoms with E-state index < -0.39 is 5.60 Å². The number of hydrogen-bond acceptors (Lipinski definition) is 4. The Kier molecular flexibility index (Phi) is 4.00. The molecule has 1 aliphatic heterocycles. The topological polar surface area (TPSA) is 71.5 Å². The SMILES string of the molecule is CC(C)(C)OC(=O)N1C[C@@H]2[C@H](C1)[C@H]2C(=O)NCc1ccncc1. The number of nitrogens with one attached hydrogen (secondary N) is 1. The van der Waals surface area contributed by atoms with Gasteiger partial charge in [-0.15, -0.1) is 0 Å². The zero-order valence-electron chi connectivity index (χ0n) is 13.8. The minimum Gasteiger partial charge on any atom is -0.444 e. The van der Waals surface area contributed by atoms with Crippen LogP contribution in [0, 0.1) is 17.8 Å². The number of carbonyl (C=O) groups excluding carboxylic acids is 2. The molecule has 0 aromatic carbocycles. The Hall–Kier alpha value is -2.11. The van der Waals surface area contributed by atoms with Gasteiger partial charge >= 0.3 is 6.09 Å². The second-order valence-electron chi connectivity index (χ2n) is 7.31. The summed E-state index contributed by atoms with van der Waals surface area (Å²) in [7, 11) is 0. The van der Waals surface area contributed by atoms with Gasteiger partial charge < -0.3 is 15.0 Å². The zero-order chi connectivity index (χ0) is 16.6. The molecular weight excluding hydrogens is 294 g/mol. The highest BCUT2D eigenvalue weighted by atomic mass is 16.6. The van der Waals surface area contributed by atoms with Gasteiger partial charge in [-0.05, 0) is 50.3 Å². The molecule has 1 saturated carbocycles. The molecule has 2 amide bonds. The van der Waals surface area contributed by atoms with Crippen molar-refractivity contribution in [2.24, 2.45) is 17.8 Å². The number of amides is 2. The number of nitrogens with zero attached hydrogens (tertiary/aromatic N) is 2. The Morgan fingerprint density at radius 1 is 1.26 bits per heavy atom. The molecule has 23 heavy (non-hydrogen) atoms. The van der Waals surface area contributed by atoms with Crippen molar-refractivity contribution >= 4 is 12.0 Å². The summed E-state index contributed by atoms with van der Waals surface area (Å²) in [6.45, 7) is 7.33. The molecule has 0 unspecified atom stereocenters. The summed E-state index contributed by atoms with van der Waals surface area (Å²) >= 11 is 0. The van der Waals surface area contributed by atoms with Crippen LogP contribution in [0.3, 0.4) is 0 Å². The molecule has 2 heterocycles. The molecule has 3 atom stereocenters. The van der Waals surface area contributed by atoms with Crippen LogP contribution in [0.1, 0.15) is 26.3 Å². The number of piperidine rings is 1. The molecule has 6 nitrogen and oxygen atoms in total. The molecule has 0 spiro atoms. The standard InChI is InChI=1S/C17H23N3O3/c1-17(2,3)23-16(22)20-9-12-13(10-20)14(12)15(21)19-8-11-4-6-18-7-5-11/h4-7,12-14H,8-10H2,1-3H3,(H,19,21)/t12-,13+,14+. The van der Waals surface area contributed by atoms with Crippen LogP contribution in [-0.4, -0.2) is 40.6 Å². The maximum absolute atomic E-state index is 12.2. The molecule has 124 valence electrons. The summed E-state index contributed by atoms with van der Waals surface area (Å²) in [5.41, 5.74) is 0.556. The first-order chi connectivity index (χ1) is 10.8. The van der Waals surface area contributed by atoms with Crippen molar-refractivity contribution in [1.82, 2.24) is 15.2 Å². The van der Waals surface area contributed by atoms with Crippen molar-refractivity contribution < 1.29 is 14.3 Å². The maximum atomic E-state index is 12.2. The van der Waals surface area contributed by atoms with Gasteiger partial charge in [-0.1, -0.05) is 0 Å². The monoisotopic (exact) mass is 317 g/mol. The second-order valence-corrected chi connectivity index (χ2v) is 7.31. The van der Waals surface area contributed by atoms with E-state index in [0.717, 1.165) is 5.56 Å². The number of aromatic nitrogens is 1. The predicted octanol–water partition coefficient (Wildman–Crippen LogP) is 1.81. The number of hydrogen-bond donors (Lipinski definition) is 1. The van der Waals surface area contributed by atoms with Crippen LogP contribution >= 0.6 is 0 Å². The predicted molar refractivity (Wildman–Crippen MR) is 84.4 cm³/mol. The number of carbonyl (C=O) groups is 2. The van der Waals surface area contributed by atoms with Crippen molar-refractivity contribution in [2.45, 2.75) is 32.9 Å². The highest BCUT2D eigenvalue weighted by Gasteiger charge is 2.60. The van der Waals surface area contributed by atoms with Crippen LogP contribution in [0.15, 0.2) is 24.5 Å². The lowest BCUT2D eigenvalue weighted by Crippen LogP contribution is -2.38. The third kappa shape index (κ3) is 3.63. The van der Waals surface area contributed by atoms with Crippen LogP contribution in [0.25, 0.3) is 0 Å². The summed E-state index contributed by atoms with van der Waals surface area (Å²) in [5.74, 6) is 0.677. The van der Waals surface area contributed by atoms with Gasteiger partial charge in [-0.2, -0.15) is 0 Å². The van der Waals surface area contributed by atoms with Crippen molar-refractivity contribution in [3.8, 4) is 0 Å². The van der Waals surface area contributed by atoms with E-state index in [1.807, 2.05) is 32.9 Å².